The Hall–Kier alpha value is -4.22. The molecule has 3 aromatic heterocycles. The van der Waals surface area contributed by atoms with Crippen molar-refractivity contribution in [2.75, 3.05) is 11.9 Å². The number of hydrogen-bond donors (Lipinski definition) is 1. The predicted molar refractivity (Wildman–Crippen MR) is 101 cm³/mol. The van der Waals surface area contributed by atoms with Gasteiger partial charge in [0.1, 0.15) is 0 Å². The summed E-state index contributed by atoms with van der Waals surface area (Å²) in [5.74, 6) is 0.0400. The Morgan fingerprint density at radius 3 is 2.76 bits per heavy atom. The van der Waals surface area contributed by atoms with E-state index in [2.05, 4.69) is 35.8 Å². The minimum absolute atomic E-state index is 0.0867. The Morgan fingerprint density at radius 1 is 1.17 bits per heavy atom. The van der Waals surface area contributed by atoms with E-state index in [0.717, 1.165) is 5.56 Å². The maximum Gasteiger partial charge on any atom is 0.301 e. The second-order valence-electron chi connectivity index (χ2n) is 6.32. The largest absolute Gasteiger partial charge is 0.301 e. The Labute approximate surface area is 163 Å². The zero-order valence-electron chi connectivity index (χ0n) is 15.8. The predicted octanol–water partition coefficient (Wildman–Crippen LogP) is 0.126. The molecule has 0 spiro atoms. The lowest BCUT2D eigenvalue weighted by atomic mass is 10.2. The molecule has 0 aliphatic rings. The van der Waals surface area contributed by atoms with Gasteiger partial charge in [0.2, 0.25) is 5.95 Å². The molecule has 0 aliphatic heterocycles. The number of H-pyrrole nitrogens is 1. The van der Waals surface area contributed by atoms with Crippen molar-refractivity contribution in [1.82, 2.24) is 45.2 Å². The van der Waals surface area contributed by atoms with Crippen molar-refractivity contribution in [2.45, 2.75) is 6.92 Å². The lowest BCUT2D eigenvalue weighted by molar-refractivity contribution is 0.0981. The second kappa shape index (κ2) is 7.07. The molecule has 4 rings (SSSR count). The monoisotopic (exact) mass is 392 g/mol. The fraction of sp³-hybridized carbons (Fsp3) is 0.176. The zero-order valence-corrected chi connectivity index (χ0v) is 15.8. The van der Waals surface area contributed by atoms with Gasteiger partial charge in [-0.05, 0) is 29.8 Å². The first kappa shape index (κ1) is 18.2. The van der Waals surface area contributed by atoms with Crippen LogP contribution in [0.15, 0.2) is 41.3 Å². The van der Waals surface area contributed by atoms with Crippen LogP contribution in [0.5, 0.6) is 0 Å². The smallest absolute Gasteiger partial charge is 0.296 e. The molecule has 1 amide bonds. The van der Waals surface area contributed by atoms with Crippen LogP contribution in [0.3, 0.4) is 0 Å². The number of tetrazole rings is 1. The summed E-state index contributed by atoms with van der Waals surface area (Å²) in [6.45, 7) is 1.95. The molecular weight excluding hydrogens is 376 g/mol. The molecule has 146 valence electrons. The van der Waals surface area contributed by atoms with Gasteiger partial charge in [-0.3, -0.25) is 19.1 Å². The molecule has 0 atom stereocenters. The molecule has 12 nitrogen and oxygen atoms in total. The molecule has 4 aromatic rings. The minimum atomic E-state index is -0.505. The first-order valence-corrected chi connectivity index (χ1v) is 8.53. The van der Waals surface area contributed by atoms with E-state index in [0.29, 0.717) is 17.1 Å². The van der Waals surface area contributed by atoms with Gasteiger partial charge in [0.15, 0.2) is 5.82 Å². The first-order valence-electron chi connectivity index (χ1n) is 8.53. The van der Waals surface area contributed by atoms with Crippen LogP contribution in [0.4, 0.5) is 5.95 Å². The van der Waals surface area contributed by atoms with Crippen molar-refractivity contribution < 1.29 is 4.79 Å². The third-order valence-electron chi connectivity index (χ3n) is 4.22. The number of aromatic amines is 1. The second-order valence-corrected chi connectivity index (χ2v) is 6.32. The van der Waals surface area contributed by atoms with E-state index in [1.807, 2.05) is 31.2 Å². The van der Waals surface area contributed by atoms with Crippen molar-refractivity contribution in [3.8, 4) is 17.1 Å². The summed E-state index contributed by atoms with van der Waals surface area (Å²) in [7, 11) is 3.20. The van der Waals surface area contributed by atoms with Crippen LogP contribution in [0, 0.1) is 6.92 Å². The molecule has 0 radical (unpaired) electrons. The molecule has 3 heterocycles. The summed E-state index contributed by atoms with van der Waals surface area (Å²) in [5, 5.41) is 26.1. The molecule has 0 saturated heterocycles. The number of rotatable bonds is 4. The Bertz CT molecular complexity index is 1250. The van der Waals surface area contributed by atoms with Gasteiger partial charge in [-0.15, -0.1) is 25.2 Å². The number of carbonyl (C=O) groups excluding carboxylic acids is 1. The van der Waals surface area contributed by atoms with E-state index in [-0.39, 0.29) is 17.3 Å². The Morgan fingerprint density at radius 2 is 2.00 bits per heavy atom. The Balaban J connectivity index is 1.61. The number of anilines is 1. The fourth-order valence-corrected chi connectivity index (χ4v) is 2.77. The van der Waals surface area contributed by atoms with Crippen LogP contribution < -0.4 is 10.5 Å². The van der Waals surface area contributed by atoms with Crippen molar-refractivity contribution in [1.29, 1.82) is 0 Å². The Kier molecular flexibility index (Phi) is 4.43. The van der Waals surface area contributed by atoms with Crippen molar-refractivity contribution in [3.63, 3.8) is 0 Å². The average Bonchev–Trinajstić information content (AvgIpc) is 3.34. The van der Waals surface area contributed by atoms with Gasteiger partial charge in [-0.2, -0.15) is 5.10 Å². The van der Waals surface area contributed by atoms with E-state index >= 15 is 0 Å². The molecule has 0 bridgehead atoms. The van der Waals surface area contributed by atoms with Crippen LogP contribution in [0.2, 0.25) is 0 Å². The van der Waals surface area contributed by atoms with Crippen molar-refractivity contribution in [2.24, 2.45) is 7.05 Å². The highest BCUT2D eigenvalue weighted by Crippen LogP contribution is 2.19. The van der Waals surface area contributed by atoms with Gasteiger partial charge in [0.05, 0.1) is 11.9 Å². The molecular formula is C17H16N10O2. The summed E-state index contributed by atoms with van der Waals surface area (Å²) in [6.07, 6.45) is 1.45. The molecule has 0 fully saturated rings. The number of benzene rings is 1. The lowest BCUT2D eigenvalue weighted by Gasteiger charge is -2.13. The summed E-state index contributed by atoms with van der Waals surface area (Å²) >= 11 is 0. The highest BCUT2D eigenvalue weighted by molar-refractivity contribution is 6.02. The summed E-state index contributed by atoms with van der Waals surface area (Å²) in [5.41, 5.74) is 1.83. The van der Waals surface area contributed by atoms with E-state index in [1.54, 1.807) is 11.6 Å². The third kappa shape index (κ3) is 3.38. The standard InChI is InChI=1S/C17H16N10O2/c1-10-5-4-6-12(7-10)27-23-14(20-24-27)16(29)26(3)17-22-21-15(25(17)2)11-8-13(28)19-18-9-11/h4-9H,1-3H3,(H,19,28). The van der Waals surface area contributed by atoms with E-state index in [4.69, 9.17) is 0 Å². The number of nitrogens with zero attached hydrogens (tertiary/aromatic N) is 9. The molecule has 1 aromatic carbocycles. The van der Waals surface area contributed by atoms with Gasteiger partial charge >= 0.3 is 5.91 Å². The van der Waals surface area contributed by atoms with Crippen LogP contribution in [-0.4, -0.2) is 58.1 Å². The lowest BCUT2D eigenvalue weighted by Crippen LogP contribution is -2.30. The van der Waals surface area contributed by atoms with Gasteiger partial charge in [0.25, 0.3) is 11.4 Å². The number of hydrogen-bond acceptors (Lipinski definition) is 8. The molecule has 0 aliphatic carbocycles. The quantitative estimate of drug-likeness (QED) is 0.517. The number of nitrogens with one attached hydrogen (secondary N) is 1. The summed E-state index contributed by atoms with van der Waals surface area (Å²) in [6, 6.07) is 8.85. The maximum atomic E-state index is 12.8. The van der Waals surface area contributed by atoms with Gasteiger partial charge in [-0.25, -0.2) is 5.10 Å². The molecule has 1 N–H and O–H groups in total. The van der Waals surface area contributed by atoms with Crippen LogP contribution >= 0.6 is 0 Å². The molecule has 12 heteroatoms. The molecule has 29 heavy (non-hydrogen) atoms. The molecule has 0 saturated carbocycles. The minimum Gasteiger partial charge on any atom is -0.296 e. The highest BCUT2D eigenvalue weighted by atomic mass is 16.2. The number of carbonyl (C=O) groups is 1. The van der Waals surface area contributed by atoms with Gasteiger partial charge in [-0.1, -0.05) is 12.1 Å². The summed E-state index contributed by atoms with van der Waals surface area (Å²) in [4.78, 5) is 26.8. The summed E-state index contributed by atoms with van der Waals surface area (Å²) < 4.78 is 1.57. The van der Waals surface area contributed by atoms with Crippen molar-refractivity contribution >= 4 is 11.9 Å². The van der Waals surface area contributed by atoms with Crippen LogP contribution in [-0.2, 0) is 7.05 Å². The van der Waals surface area contributed by atoms with E-state index in [9.17, 15) is 9.59 Å². The number of aryl methyl sites for hydroxylation is 1. The number of amides is 1. The third-order valence-corrected chi connectivity index (χ3v) is 4.22. The molecule has 0 unspecified atom stereocenters. The van der Waals surface area contributed by atoms with Crippen LogP contribution in [0.25, 0.3) is 17.1 Å². The maximum absolute atomic E-state index is 12.8. The SMILES string of the molecule is Cc1cccc(-n2nnc(C(=O)N(C)c3nnc(-c4cn[nH]c(=O)c4)n3C)n2)c1. The number of aromatic nitrogens is 9. The highest BCUT2D eigenvalue weighted by Gasteiger charge is 2.24. The van der Waals surface area contributed by atoms with E-state index in [1.165, 1.54) is 29.0 Å². The fourth-order valence-electron chi connectivity index (χ4n) is 2.77. The van der Waals surface area contributed by atoms with Gasteiger partial charge < -0.3 is 0 Å². The average molecular weight is 392 g/mol. The normalized spacial score (nSPS) is 10.9. The van der Waals surface area contributed by atoms with Gasteiger partial charge in [0, 0.05) is 25.7 Å². The van der Waals surface area contributed by atoms with Crippen molar-refractivity contribution in [3.05, 3.63) is 58.3 Å². The zero-order chi connectivity index (χ0) is 20.5. The van der Waals surface area contributed by atoms with Crippen LogP contribution in [0.1, 0.15) is 16.2 Å². The topological polar surface area (TPSA) is 140 Å². The first-order chi connectivity index (χ1) is 13.9. The van der Waals surface area contributed by atoms with E-state index < -0.39 is 5.91 Å².